The number of piperidine rings is 1. The van der Waals surface area contributed by atoms with Crippen LogP contribution in [0.2, 0.25) is 5.02 Å². The average Bonchev–Trinajstić information content (AvgIpc) is 1.75. The minimum absolute atomic E-state index is 0. The number of sulfonamides is 1. The summed E-state index contributed by atoms with van der Waals surface area (Å²) in [7, 11) is -4.17. The first-order valence-electron chi connectivity index (χ1n) is 30.3. The Kier molecular flexibility index (Phi) is 27.3. The Morgan fingerprint density at radius 3 is 2.21 bits per heavy atom. The second kappa shape index (κ2) is 34.1. The molecule has 1 radical (unpaired) electrons. The molecule has 5 aliphatic heterocycles. The number of benzene rings is 5. The normalized spacial score (nSPS) is 20.6. The molecule has 489 valence electrons. The molecular formula is C66H81ClF3N9O9S2Sc-2. The first-order valence-corrected chi connectivity index (χ1v) is 33.2. The van der Waals surface area contributed by atoms with Crippen LogP contribution < -0.4 is 20.3 Å². The van der Waals surface area contributed by atoms with E-state index >= 15 is 0 Å². The molecule has 3 atom stereocenters. The van der Waals surface area contributed by atoms with Gasteiger partial charge in [-0.25, -0.2) is 8.42 Å². The number of ether oxygens (including phenoxy) is 1. The smallest absolute Gasteiger partial charge is 0.264 e. The van der Waals surface area contributed by atoms with Crippen molar-refractivity contribution in [2.24, 2.45) is 5.41 Å². The Bertz CT molecular complexity index is 3360. The zero-order valence-corrected chi connectivity index (χ0v) is 55.4. The summed E-state index contributed by atoms with van der Waals surface area (Å²) in [6.07, 6.45) is 5.63. The van der Waals surface area contributed by atoms with Crippen LogP contribution in [0, 0.1) is 18.2 Å². The van der Waals surface area contributed by atoms with Crippen LogP contribution in [0.3, 0.4) is 0 Å². The third-order valence-electron chi connectivity index (χ3n) is 17.6. The molecule has 0 spiro atoms. The largest absolute Gasteiger partial charge is 0.412 e. The topological polar surface area (TPSA) is 230 Å². The number of hydrogen-bond donors (Lipinski definition) is 3. The van der Waals surface area contributed by atoms with Gasteiger partial charge in [0.25, 0.3) is 11.8 Å². The van der Waals surface area contributed by atoms with Crippen LogP contribution in [-0.4, -0.2) is 184 Å². The number of imide groups is 1. The summed E-state index contributed by atoms with van der Waals surface area (Å²) in [4.78, 5) is 66.4. The van der Waals surface area contributed by atoms with Gasteiger partial charge in [0.2, 0.25) is 21.8 Å². The van der Waals surface area contributed by atoms with Gasteiger partial charge < -0.3 is 53.8 Å². The molecular weight excluding hydrogens is 1260 g/mol. The van der Waals surface area contributed by atoms with Gasteiger partial charge >= 0.3 is 0 Å². The number of thioether (sulfide) groups is 1. The van der Waals surface area contributed by atoms with Crippen LogP contribution in [0.5, 0.6) is 0 Å². The zero-order valence-electron chi connectivity index (χ0n) is 51.2. The molecule has 25 heteroatoms. The van der Waals surface area contributed by atoms with E-state index in [0.29, 0.717) is 24.2 Å². The van der Waals surface area contributed by atoms with Gasteiger partial charge in [-0.1, -0.05) is 72.2 Å². The fraction of sp³-hybridized carbons (Fsp3) is 0.439. The molecule has 0 saturated carbocycles. The van der Waals surface area contributed by atoms with Crippen molar-refractivity contribution in [1.29, 1.82) is 0 Å². The number of allylic oxidation sites excluding steroid dienone is 1. The van der Waals surface area contributed by atoms with Crippen molar-refractivity contribution in [3.63, 3.8) is 0 Å². The van der Waals surface area contributed by atoms with E-state index in [1.54, 1.807) is 34.9 Å². The number of hydrogen-bond acceptors (Lipinski definition) is 14. The Hall–Kier alpha value is -5.51. The minimum Gasteiger partial charge on any atom is -0.412 e. The van der Waals surface area contributed by atoms with Crippen molar-refractivity contribution in [1.82, 2.24) is 34.5 Å². The van der Waals surface area contributed by atoms with E-state index in [0.717, 1.165) is 165 Å². The predicted molar refractivity (Wildman–Crippen MR) is 344 cm³/mol. The van der Waals surface area contributed by atoms with Crippen LogP contribution in [0.15, 0.2) is 131 Å². The van der Waals surface area contributed by atoms with E-state index in [-0.39, 0.29) is 76.9 Å². The van der Waals surface area contributed by atoms with Crippen LogP contribution >= 0.6 is 23.4 Å². The molecule has 4 saturated heterocycles. The second-order valence-corrected chi connectivity index (χ2v) is 27.2. The summed E-state index contributed by atoms with van der Waals surface area (Å²) < 4.78 is 63.8. The molecule has 7 N–H and O–H groups in total. The molecule has 5 aromatic carbocycles. The molecule has 5 heterocycles. The molecule has 4 amide bonds. The quantitative estimate of drug-likeness (QED) is 0.0381. The Balaban J connectivity index is 0.00000163. The van der Waals surface area contributed by atoms with Gasteiger partial charge in [0.15, 0.2) is 6.68 Å². The van der Waals surface area contributed by atoms with Gasteiger partial charge in [-0.2, -0.15) is 18.2 Å². The zero-order chi connectivity index (χ0) is 61.8. The number of nitrogens with zero attached hydrogens (tertiary/aromatic N) is 6. The van der Waals surface area contributed by atoms with Crippen LogP contribution in [0.4, 0.5) is 24.5 Å². The number of carbonyl (C=O) groups is 4. The number of piperazine rings is 2. The fourth-order valence-electron chi connectivity index (χ4n) is 12.9. The van der Waals surface area contributed by atoms with E-state index in [1.807, 2.05) is 54.6 Å². The third-order valence-corrected chi connectivity index (χ3v) is 20.3. The summed E-state index contributed by atoms with van der Waals surface area (Å²) in [5.41, 5.74) is 8.97. The van der Waals surface area contributed by atoms with Crippen LogP contribution in [-0.2, 0) is 63.3 Å². The van der Waals surface area contributed by atoms with Crippen molar-refractivity contribution in [3.05, 3.63) is 166 Å². The molecule has 5 aromatic rings. The summed E-state index contributed by atoms with van der Waals surface area (Å²) >= 11 is 8.18. The minimum atomic E-state index is -4.17. The Morgan fingerprint density at radius 1 is 0.824 bits per heavy atom. The molecule has 1 unspecified atom stereocenters. The molecule has 0 aromatic heterocycles. The number of anilines is 2. The van der Waals surface area contributed by atoms with Crippen molar-refractivity contribution in [3.8, 4) is 0 Å². The molecule has 0 bridgehead atoms. The summed E-state index contributed by atoms with van der Waals surface area (Å²) in [5.74, 6) is -0.679. The van der Waals surface area contributed by atoms with Crippen LogP contribution in [0.1, 0.15) is 89.3 Å². The number of fused-ring (bicyclic) bond motifs is 1. The van der Waals surface area contributed by atoms with Gasteiger partial charge in [-0.05, 0) is 126 Å². The first kappa shape index (κ1) is 72.9. The second-order valence-electron chi connectivity index (χ2n) is 24.0. The SMILES string of the molecule is C[C@@]1(CN2CCN(Cc3ccc4c(c3)CN(C3CCC(=O)NC3=O)C4=O)CC2)CCC(c2ccc(Cl)cc2)=C(CN2CCN(c3ccc(C(=O)NS(=O)(=O)c4c[c-]c(N[C@H](CCN5CCCOCC5)CSc5ccccc5)cc4)cc3)CC2)C1.F[C-](F)F.O.O.[Sc]. The molecule has 18 nitrogen and oxygen atoms in total. The summed E-state index contributed by atoms with van der Waals surface area (Å²) in [6.45, 7) is 14.1. The summed E-state index contributed by atoms with van der Waals surface area (Å²) in [5, 5.41) is 6.72. The Morgan fingerprint density at radius 2 is 1.52 bits per heavy atom. The molecule has 1 aliphatic carbocycles. The van der Waals surface area contributed by atoms with E-state index in [4.69, 9.17) is 16.3 Å². The maximum atomic E-state index is 13.5. The van der Waals surface area contributed by atoms with Crippen molar-refractivity contribution in [2.45, 2.75) is 86.8 Å². The number of rotatable bonds is 20. The van der Waals surface area contributed by atoms with Gasteiger partial charge in [-0.3, -0.25) is 39.0 Å². The standard InChI is InChI=1S/C65H77ClN9O7S2.CF3.2H2O.Sc/c1-65(46-73-31-29-71(30-32-73)42-47-8-21-59-50(40-47)44-75(64(59)79)60-22-23-61(76)68-63(60)78)26-24-58(48-9-13-52(66)14-10-48)51(41-65)43-72-33-35-74(36-34-72)55-17-11-49(12-18-55)62(77)69-84(80,81)57-19-15-53(16-20-57)67-54(45-83-56-6-3-2-4-7-56)25-28-70-27-5-38-82-39-37-70;2-1(3)4;;;/h2-4,6-15,17-21,40,54,60,67H,5,22-39,41-46H2,1H3,(H,69,77)(H,68,76,78);;2*1H2;/q2*-1;;;/t54-,60?,65-;;;;/m1..../s1. The van der Waals surface area contributed by atoms with Crippen LogP contribution in [0.25, 0.3) is 5.57 Å². The van der Waals surface area contributed by atoms with E-state index < -0.39 is 34.6 Å². The van der Waals surface area contributed by atoms with E-state index in [9.17, 15) is 40.8 Å². The number of carbonyl (C=O) groups excluding carboxylic acids is 4. The number of nitrogens with one attached hydrogen (secondary N) is 3. The van der Waals surface area contributed by atoms with E-state index in [1.165, 1.54) is 33.7 Å². The fourth-order valence-corrected chi connectivity index (χ4v) is 14.9. The molecule has 6 aliphatic rings. The van der Waals surface area contributed by atoms with Crippen molar-refractivity contribution in [2.75, 3.05) is 114 Å². The average molecular weight is 1350 g/mol. The van der Waals surface area contributed by atoms with Gasteiger partial charge in [0.1, 0.15) is 6.04 Å². The maximum absolute atomic E-state index is 13.5. The monoisotopic (exact) mass is 1340 g/mol. The number of amides is 4. The molecule has 11 rings (SSSR count). The Labute approximate surface area is 560 Å². The first-order chi connectivity index (χ1) is 42.4. The van der Waals surface area contributed by atoms with Gasteiger partial charge in [0, 0.05) is 176 Å². The summed E-state index contributed by atoms with van der Waals surface area (Å²) in [6, 6.07) is 39.2. The van der Waals surface area contributed by atoms with Gasteiger partial charge in [0.05, 0.1) is 6.61 Å². The molecule has 4 fully saturated rings. The predicted octanol–water partition coefficient (Wildman–Crippen LogP) is 7.98. The van der Waals surface area contributed by atoms with E-state index in [2.05, 4.69) is 83.2 Å². The third kappa shape index (κ3) is 20.3. The maximum Gasteiger partial charge on any atom is 0.264 e. The van der Waals surface area contributed by atoms with Crippen molar-refractivity contribution >= 4 is 74.0 Å². The molecule has 91 heavy (non-hydrogen) atoms. The van der Waals surface area contributed by atoms with Gasteiger partial charge in [-0.15, -0.1) is 17.8 Å². The van der Waals surface area contributed by atoms with Crippen molar-refractivity contribution < 1.29 is 82.3 Å². The number of halogens is 4.